The topological polar surface area (TPSA) is 64.0 Å². The van der Waals surface area contributed by atoms with Gasteiger partial charge < -0.3 is 13.6 Å². The molecule has 7 aromatic heterocycles. The van der Waals surface area contributed by atoms with Crippen molar-refractivity contribution in [3.8, 4) is 39.8 Å². The van der Waals surface area contributed by atoms with Crippen LogP contribution in [0.2, 0.25) is 0 Å². The summed E-state index contributed by atoms with van der Waals surface area (Å²) in [5.41, 5.74) is 9.93. The molecule has 0 atom stereocenters. The average Bonchev–Trinajstić information content (AvgIpc) is 4.41. The largest absolute Gasteiger partial charge is 0.454 e. The first kappa shape index (κ1) is 41.8. The number of para-hydroxylation sites is 1. The third-order valence-corrected chi connectivity index (χ3v) is 19.2. The second-order valence-corrected chi connectivity index (χ2v) is 22.5. The third-order valence-electron chi connectivity index (χ3n) is 15.6. The van der Waals surface area contributed by atoms with Gasteiger partial charge in [-0.3, -0.25) is 4.98 Å². The van der Waals surface area contributed by atoms with Crippen molar-refractivity contribution in [2.45, 2.75) is 0 Å². The first-order valence-corrected chi connectivity index (χ1v) is 27.5. The quantitative estimate of drug-likeness (QED) is 0.165. The van der Waals surface area contributed by atoms with E-state index in [1.54, 1.807) is 34.0 Å². The second kappa shape index (κ2) is 15.5. The molecule has 0 unspecified atom stereocenters. The highest BCUT2D eigenvalue weighted by atomic mass is 32.1. The van der Waals surface area contributed by atoms with E-state index in [0.29, 0.717) is 45.0 Å². The van der Waals surface area contributed by atoms with Crippen LogP contribution in [0.15, 0.2) is 205 Å². The number of fused-ring (bicyclic) bond motifs is 22. The number of thiophene rings is 3. The number of nitriles is 1. The van der Waals surface area contributed by atoms with Crippen LogP contribution in [0.25, 0.3) is 165 Å². The van der Waals surface area contributed by atoms with Gasteiger partial charge >= 0.3 is 0 Å². The van der Waals surface area contributed by atoms with Crippen LogP contribution in [-0.4, -0.2) is 14.1 Å². The summed E-state index contributed by atoms with van der Waals surface area (Å²) in [6.07, 6.45) is 1.82. The zero-order chi connectivity index (χ0) is 49.9. The summed E-state index contributed by atoms with van der Waals surface area (Å²) < 4.78 is 18.7. The Kier molecular flexibility index (Phi) is 8.51. The smallest absolute Gasteiger partial charge is 0.220 e. The van der Waals surface area contributed by atoms with Gasteiger partial charge in [0.25, 0.3) is 0 Å². The summed E-state index contributed by atoms with van der Waals surface area (Å²) >= 11 is 5.33. The predicted molar refractivity (Wildman–Crippen MR) is 321 cm³/mol. The van der Waals surface area contributed by atoms with E-state index >= 15 is 0 Å². The van der Waals surface area contributed by atoms with E-state index in [1.165, 1.54) is 30.3 Å². The highest BCUT2D eigenvalue weighted by Gasteiger charge is 2.35. The van der Waals surface area contributed by atoms with E-state index in [4.69, 9.17) is 14.2 Å². The van der Waals surface area contributed by atoms with Crippen molar-refractivity contribution in [1.82, 2.24) is 14.1 Å². The summed E-state index contributed by atoms with van der Waals surface area (Å²) in [6, 6.07) is 71.0. The zero-order valence-corrected chi connectivity index (χ0v) is 42.4. The van der Waals surface area contributed by atoms with Crippen LogP contribution in [0.1, 0.15) is 5.56 Å². The van der Waals surface area contributed by atoms with Gasteiger partial charge in [0.2, 0.25) is 5.69 Å². The average molecular weight is 1020 g/mol. The summed E-state index contributed by atoms with van der Waals surface area (Å²) in [7, 11) is 0. The normalized spacial score (nSPS) is 12.2. The van der Waals surface area contributed by atoms with Gasteiger partial charge in [0.15, 0.2) is 5.58 Å². The number of furan rings is 1. The Hall–Kier alpha value is -9.61. The van der Waals surface area contributed by atoms with Crippen LogP contribution >= 0.6 is 34.0 Å². The van der Waals surface area contributed by atoms with Gasteiger partial charge in [-0.1, -0.05) is 152 Å². The molecule has 0 aliphatic heterocycles. The maximum Gasteiger partial charge on any atom is 0.220 e. The molecule has 9 heteroatoms. The molecular formula is C67H33N5OS3. The van der Waals surface area contributed by atoms with E-state index in [2.05, 4.69) is 149 Å². The number of aromatic nitrogens is 3. The molecule has 0 aliphatic carbocycles. The highest BCUT2D eigenvalue weighted by molar-refractivity contribution is 7.27. The molecule has 0 bridgehead atoms. The summed E-state index contributed by atoms with van der Waals surface area (Å²) in [6.45, 7) is 9.64. The molecule has 76 heavy (non-hydrogen) atoms. The van der Waals surface area contributed by atoms with Crippen molar-refractivity contribution in [2.75, 3.05) is 0 Å². The van der Waals surface area contributed by atoms with Crippen LogP contribution < -0.4 is 0 Å². The molecule has 17 rings (SSSR count). The fourth-order valence-corrected chi connectivity index (χ4v) is 16.3. The molecule has 0 N–H and O–H groups in total. The van der Waals surface area contributed by atoms with Crippen LogP contribution in [0.5, 0.6) is 0 Å². The summed E-state index contributed by atoms with van der Waals surface area (Å²) in [4.78, 5) is 9.99. The van der Waals surface area contributed by atoms with Gasteiger partial charge in [-0.2, -0.15) is 5.26 Å². The fraction of sp³-hybridized carbons (Fsp3) is 0. The molecule has 17 aromatic rings. The molecule has 0 radical (unpaired) electrons. The molecule has 0 aliphatic rings. The molecule has 0 saturated carbocycles. The van der Waals surface area contributed by atoms with E-state index in [-0.39, 0.29) is 0 Å². The molecule has 350 valence electrons. The lowest BCUT2D eigenvalue weighted by Crippen LogP contribution is -2.09. The SMILES string of the molecule is [C-]#[N+]c1c(-c2ccccc2)c(C#N)c(-n2c3c(ccc4c5ccccc5oc43)c3ccc4c5ccccc5sc4c32)c(-c2ccccn2)c1-n1c2c(ccc3c4ccccc4sc32)c2ccc3c4ccccc4sc3c21. The maximum atomic E-state index is 12.3. The van der Waals surface area contributed by atoms with Gasteiger partial charge in [0.05, 0.1) is 65.4 Å². The zero-order valence-electron chi connectivity index (χ0n) is 39.9. The molecule has 6 nitrogen and oxygen atoms in total. The second-order valence-electron chi connectivity index (χ2n) is 19.4. The van der Waals surface area contributed by atoms with Gasteiger partial charge in [0.1, 0.15) is 11.7 Å². The summed E-state index contributed by atoms with van der Waals surface area (Å²) in [5.74, 6) is 0. The lowest BCUT2D eigenvalue weighted by Gasteiger charge is -2.25. The van der Waals surface area contributed by atoms with Crippen LogP contribution in [-0.2, 0) is 0 Å². The van der Waals surface area contributed by atoms with Crippen molar-refractivity contribution in [3.63, 3.8) is 0 Å². The van der Waals surface area contributed by atoms with Crippen LogP contribution in [0.4, 0.5) is 5.69 Å². The molecule has 0 amide bonds. The minimum atomic E-state index is 0.365. The minimum absolute atomic E-state index is 0.365. The monoisotopic (exact) mass is 1020 g/mol. The molecule has 0 spiro atoms. The first-order chi connectivity index (χ1) is 37.7. The van der Waals surface area contributed by atoms with E-state index in [0.717, 1.165) is 95.8 Å². The van der Waals surface area contributed by atoms with Crippen LogP contribution in [0, 0.1) is 17.9 Å². The molecule has 0 fully saturated rings. The maximum absolute atomic E-state index is 12.3. The minimum Gasteiger partial charge on any atom is -0.454 e. The molecular weight excluding hydrogens is 987 g/mol. The van der Waals surface area contributed by atoms with Crippen molar-refractivity contribution in [2.24, 2.45) is 0 Å². The number of pyridine rings is 1. The Morgan fingerprint density at radius 1 is 0.434 bits per heavy atom. The Morgan fingerprint density at radius 2 is 0.895 bits per heavy atom. The Labute approximate surface area is 443 Å². The first-order valence-electron chi connectivity index (χ1n) is 25.0. The van der Waals surface area contributed by atoms with Gasteiger partial charge in [-0.05, 0) is 48.0 Å². The number of nitrogens with zero attached hydrogens (tertiary/aromatic N) is 5. The lowest BCUT2D eigenvalue weighted by molar-refractivity contribution is 0.671. The Morgan fingerprint density at radius 3 is 1.42 bits per heavy atom. The number of hydrogen-bond donors (Lipinski definition) is 0. The van der Waals surface area contributed by atoms with Crippen LogP contribution in [0.3, 0.4) is 0 Å². The van der Waals surface area contributed by atoms with Gasteiger partial charge in [0, 0.05) is 96.1 Å². The number of rotatable bonds is 4. The van der Waals surface area contributed by atoms with Crippen molar-refractivity contribution >= 4 is 166 Å². The predicted octanol–water partition coefficient (Wildman–Crippen LogP) is 20.0. The van der Waals surface area contributed by atoms with E-state index in [1.807, 2.05) is 66.9 Å². The molecule has 7 heterocycles. The highest BCUT2D eigenvalue weighted by Crippen LogP contribution is 2.56. The third kappa shape index (κ3) is 5.42. The molecule has 0 saturated heterocycles. The number of hydrogen-bond acceptors (Lipinski definition) is 6. The lowest BCUT2D eigenvalue weighted by atomic mass is 9.90. The summed E-state index contributed by atoms with van der Waals surface area (Å²) in [5, 5.41) is 25.5. The van der Waals surface area contributed by atoms with Crippen molar-refractivity contribution in [3.05, 3.63) is 217 Å². The van der Waals surface area contributed by atoms with Crippen molar-refractivity contribution in [1.29, 1.82) is 5.26 Å². The van der Waals surface area contributed by atoms with Gasteiger partial charge in [-0.25, -0.2) is 4.85 Å². The Bertz CT molecular complexity index is 4950. The van der Waals surface area contributed by atoms with E-state index < -0.39 is 0 Å². The Balaban J connectivity index is 1.20. The van der Waals surface area contributed by atoms with Gasteiger partial charge in [-0.15, -0.1) is 34.0 Å². The fourth-order valence-electron chi connectivity index (χ4n) is 12.5. The molecule has 10 aromatic carbocycles. The number of benzene rings is 10. The van der Waals surface area contributed by atoms with E-state index in [9.17, 15) is 11.8 Å². The standard InChI is InChI=1S/C67H33N5OS3/c1-69-57-55(36-15-3-2-4-16-36)49(35-68)58(71-59-41(26-30-45-37-17-5-9-22-51(37)73-64(45)59)42-27-31-46-38-18-6-10-23-52(38)74-65(46)60(42)71)56(50-21-13-14-34-70-50)63(57)72-61-43(28-32-47-39-19-7-11-24-53(39)75-66(47)61)44-29-33-48-40-20-8-12-25-54(40)76-67(48)62(44)72/h2-34H. The van der Waals surface area contributed by atoms with Crippen molar-refractivity contribution < 1.29 is 4.42 Å².